The van der Waals surface area contributed by atoms with Gasteiger partial charge >= 0.3 is 12.0 Å². The van der Waals surface area contributed by atoms with Gasteiger partial charge in [-0.2, -0.15) is 17.0 Å². The minimum Gasteiger partial charge on any atom is -0.480 e. The summed E-state index contributed by atoms with van der Waals surface area (Å²) in [7, 11) is 0. The fourth-order valence-electron chi connectivity index (χ4n) is 1.63. The normalized spacial score (nSPS) is 11.8. The van der Waals surface area contributed by atoms with Gasteiger partial charge in [0.05, 0.1) is 12.5 Å². The van der Waals surface area contributed by atoms with Crippen molar-refractivity contribution in [1.29, 1.82) is 5.26 Å². The SMILES string of the molecule is CSCC[C@@H](NC(=O)N(CCC#N)CC(C)C)C(=O)O. The zero-order chi connectivity index (χ0) is 15.5. The molecule has 7 heteroatoms. The van der Waals surface area contributed by atoms with E-state index in [9.17, 15) is 9.59 Å². The van der Waals surface area contributed by atoms with Crippen LogP contribution in [0.15, 0.2) is 0 Å². The van der Waals surface area contributed by atoms with Crippen LogP contribution < -0.4 is 5.32 Å². The van der Waals surface area contributed by atoms with Crippen molar-refractivity contribution >= 4 is 23.8 Å². The first-order chi connectivity index (χ1) is 9.42. The lowest BCUT2D eigenvalue weighted by Gasteiger charge is -2.26. The third-order valence-electron chi connectivity index (χ3n) is 2.57. The summed E-state index contributed by atoms with van der Waals surface area (Å²) >= 11 is 1.54. The second-order valence-electron chi connectivity index (χ2n) is 4.87. The van der Waals surface area contributed by atoms with E-state index >= 15 is 0 Å². The number of carbonyl (C=O) groups excluding carboxylic acids is 1. The van der Waals surface area contributed by atoms with Crippen molar-refractivity contribution in [2.24, 2.45) is 5.92 Å². The Labute approximate surface area is 124 Å². The number of aliphatic carboxylic acids is 1. The predicted molar refractivity (Wildman–Crippen MR) is 79.6 cm³/mol. The molecule has 0 aliphatic carbocycles. The zero-order valence-electron chi connectivity index (χ0n) is 12.3. The summed E-state index contributed by atoms with van der Waals surface area (Å²) in [6, 6.07) is 0.698. The molecule has 0 aromatic carbocycles. The molecule has 20 heavy (non-hydrogen) atoms. The molecule has 0 unspecified atom stereocenters. The number of hydrogen-bond donors (Lipinski definition) is 2. The van der Waals surface area contributed by atoms with Gasteiger partial charge in [-0.05, 0) is 24.3 Å². The van der Waals surface area contributed by atoms with Crippen molar-refractivity contribution in [2.75, 3.05) is 25.1 Å². The van der Waals surface area contributed by atoms with E-state index in [1.54, 1.807) is 0 Å². The highest BCUT2D eigenvalue weighted by Gasteiger charge is 2.23. The van der Waals surface area contributed by atoms with Gasteiger partial charge in [-0.15, -0.1) is 0 Å². The van der Waals surface area contributed by atoms with E-state index in [0.717, 1.165) is 0 Å². The molecule has 0 fully saturated rings. The standard InChI is InChI=1S/C13H23N3O3S/c1-10(2)9-16(7-4-6-14)13(19)15-11(12(17)18)5-8-20-3/h10-11H,4-5,7-9H2,1-3H3,(H,15,19)(H,17,18)/t11-/m1/s1. The summed E-state index contributed by atoms with van der Waals surface area (Å²) in [6.45, 7) is 4.75. The number of nitrogens with one attached hydrogen (secondary N) is 1. The van der Waals surface area contributed by atoms with Crippen molar-refractivity contribution in [2.45, 2.75) is 32.7 Å². The lowest BCUT2D eigenvalue weighted by molar-refractivity contribution is -0.139. The molecule has 6 nitrogen and oxygen atoms in total. The number of carbonyl (C=O) groups is 2. The third-order valence-corrected chi connectivity index (χ3v) is 3.22. The monoisotopic (exact) mass is 301 g/mol. The first-order valence-corrected chi connectivity index (χ1v) is 7.95. The smallest absolute Gasteiger partial charge is 0.326 e. The van der Waals surface area contributed by atoms with Gasteiger partial charge in [0.25, 0.3) is 0 Å². The Hall–Kier alpha value is -1.42. The van der Waals surface area contributed by atoms with Gasteiger partial charge in [0.2, 0.25) is 0 Å². The van der Waals surface area contributed by atoms with E-state index < -0.39 is 18.0 Å². The molecule has 0 saturated carbocycles. The molecular weight excluding hydrogens is 278 g/mol. The fourth-order valence-corrected chi connectivity index (χ4v) is 2.11. The number of carboxylic acids is 1. The summed E-state index contributed by atoms with van der Waals surface area (Å²) in [5.41, 5.74) is 0. The maximum absolute atomic E-state index is 12.1. The van der Waals surface area contributed by atoms with Crippen LogP contribution in [-0.2, 0) is 4.79 Å². The van der Waals surface area contributed by atoms with Gasteiger partial charge in [0.1, 0.15) is 6.04 Å². The molecule has 0 aliphatic rings. The van der Waals surface area contributed by atoms with Crippen LogP contribution in [0.3, 0.4) is 0 Å². The number of rotatable bonds is 9. The first kappa shape index (κ1) is 18.6. The molecule has 0 saturated heterocycles. The molecule has 1 atom stereocenters. The van der Waals surface area contributed by atoms with Crippen molar-refractivity contribution in [3.63, 3.8) is 0 Å². The Morgan fingerprint density at radius 2 is 2.10 bits per heavy atom. The molecule has 0 aromatic rings. The maximum atomic E-state index is 12.1. The van der Waals surface area contributed by atoms with Crippen molar-refractivity contribution in [3.8, 4) is 6.07 Å². The highest BCUT2D eigenvalue weighted by Crippen LogP contribution is 2.05. The molecule has 0 aromatic heterocycles. The molecule has 114 valence electrons. The predicted octanol–water partition coefficient (Wildman–Crippen LogP) is 1.77. The summed E-state index contributed by atoms with van der Waals surface area (Å²) < 4.78 is 0. The highest BCUT2D eigenvalue weighted by molar-refractivity contribution is 7.98. The van der Waals surface area contributed by atoms with Crippen LogP contribution in [0, 0.1) is 17.2 Å². The van der Waals surface area contributed by atoms with E-state index in [1.165, 1.54) is 16.7 Å². The van der Waals surface area contributed by atoms with Crippen LogP contribution in [0.1, 0.15) is 26.7 Å². The summed E-state index contributed by atoms with van der Waals surface area (Å²) in [4.78, 5) is 24.7. The molecule has 2 amide bonds. The van der Waals surface area contributed by atoms with Crippen LogP contribution in [0.5, 0.6) is 0 Å². The molecule has 2 N–H and O–H groups in total. The van der Waals surface area contributed by atoms with Crippen molar-refractivity contribution < 1.29 is 14.7 Å². The number of nitriles is 1. The Morgan fingerprint density at radius 3 is 2.55 bits per heavy atom. The van der Waals surface area contributed by atoms with Crippen LogP contribution in [0.2, 0.25) is 0 Å². The molecule has 0 aliphatic heterocycles. The number of thioether (sulfide) groups is 1. The minimum absolute atomic E-state index is 0.239. The van der Waals surface area contributed by atoms with E-state index in [2.05, 4.69) is 5.32 Å². The molecule has 0 bridgehead atoms. The second-order valence-corrected chi connectivity index (χ2v) is 5.86. The Balaban J connectivity index is 4.60. The first-order valence-electron chi connectivity index (χ1n) is 6.56. The zero-order valence-corrected chi connectivity index (χ0v) is 13.1. The second kappa shape index (κ2) is 10.4. The summed E-state index contributed by atoms with van der Waals surface area (Å²) in [5.74, 6) is -0.106. The Kier molecular flexibility index (Phi) is 9.64. The van der Waals surface area contributed by atoms with Gasteiger partial charge in [-0.25, -0.2) is 9.59 Å². The summed E-state index contributed by atoms with van der Waals surface area (Å²) in [6.07, 6.45) is 2.51. The van der Waals surface area contributed by atoms with E-state index in [1.807, 2.05) is 26.2 Å². The van der Waals surface area contributed by atoms with E-state index in [4.69, 9.17) is 10.4 Å². The Bertz CT molecular complexity index is 355. The number of amides is 2. The number of urea groups is 1. The lowest BCUT2D eigenvalue weighted by Crippen LogP contribution is -2.49. The van der Waals surface area contributed by atoms with Gasteiger partial charge < -0.3 is 15.3 Å². The molecule has 0 spiro atoms. The average molecular weight is 301 g/mol. The number of hydrogen-bond acceptors (Lipinski definition) is 4. The number of nitrogens with zero attached hydrogens (tertiary/aromatic N) is 2. The molecular formula is C13H23N3O3S. The van der Waals surface area contributed by atoms with Gasteiger partial charge in [-0.3, -0.25) is 0 Å². The van der Waals surface area contributed by atoms with Gasteiger partial charge in [0.15, 0.2) is 0 Å². The lowest BCUT2D eigenvalue weighted by atomic mass is 10.2. The van der Waals surface area contributed by atoms with Crippen molar-refractivity contribution in [3.05, 3.63) is 0 Å². The van der Waals surface area contributed by atoms with Crippen LogP contribution >= 0.6 is 11.8 Å². The highest BCUT2D eigenvalue weighted by atomic mass is 32.2. The molecule has 0 heterocycles. The van der Waals surface area contributed by atoms with Gasteiger partial charge in [0, 0.05) is 13.1 Å². The van der Waals surface area contributed by atoms with Crippen molar-refractivity contribution in [1.82, 2.24) is 10.2 Å². The van der Waals surface area contributed by atoms with Crippen LogP contribution in [0.25, 0.3) is 0 Å². The minimum atomic E-state index is -1.03. The van der Waals surface area contributed by atoms with Crippen LogP contribution in [0.4, 0.5) is 4.79 Å². The van der Waals surface area contributed by atoms with Crippen LogP contribution in [-0.4, -0.2) is 53.1 Å². The fraction of sp³-hybridized carbons (Fsp3) is 0.769. The average Bonchev–Trinajstić information content (AvgIpc) is 2.38. The third kappa shape index (κ3) is 7.89. The van der Waals surface area contributed by atoms with E-state index in [0.29, 0.717) is 25.3 Å². The molecule has 0 rings (SSSR count). The quantitative estimate of drug-likeness (QED) is 0.677. The maximum Gasteiger partial charge on any atom is 0.326 e. The largest absolute Gasteiger partial charge is 0.480 e. The molecule has 0 radical (unpaired) electrons. The topological polar surface area (TPSA) is 93.4 Å². The number of carboxylic acid groups (broad SMARTS) is 1. The Morgan fingerprint density at radius 1 is 1.45 bits per heavy atom. The summed E-state index contributed by atoms with van der Waals surface area (Å²) in [5, 5.41) is 20.2. The van der Waals surface area contributed by atoms with E-state index in [-0.39, 0.29) is 12.3 Å². The van der Waals surface area contributed by atoms with Gasteiger partial charge in [-0.1, -0.05) is 13.8 Å².